The summed E-state index contributed by atoms with van der Waals surface area (Å²) in [6, 6.07) is 11.2. The zero-order chi connectivity index (χ0) is 22.2. The van der Waals surface area contributed by atoms with E-state index in [2.05, 4.69) is 49.0 Å². The van der Waals surface area contributed by atoms with Gasteiger partial charge in [0.15, 0.2) is 10.9 Å². The van der Waals surface area contributed by atoms with E-state index in [-0.39, 0.29) is 11.7 Å². The molecule has 0 atom stereocenters. The summed E-state index contributed by atoms with van der Waals surface area (Å²) in [5.41, 5.74) is 1.82. The van der Waals surface area contributed by atoms with Gasteiger partial charge < -0.3 is 14.6 Å². The number of aromatic nitrogens is 3. The van der Waals surface area contributed by atoms with E-state index in [1.165, 1.54) is 11.8 Å². The minimum atomic E-state index is -0.260. The number of anilines is 1. The summed E-state index contributed by atoms with van der Waals surface area (Å²) in [6.45, 7) is 10.6. The van der Waals surface area contributed by atoms with Gasteiger partial charge in [-0.2, -0.15) is 0 Å². The Bertz CT molecular complexity index is 987. The second-order valence-electron chi connectivity index (χ2n) is 7.32. The molecule has 7 nitrogen and oxygen atoms in total. The van der Waals surface area contributed by atoms with Crippen LogP contribution < -0.4 is 10.2 Å². The number of nitrogens with zero attached hydrogens (tertiary/aromatic N) is 4. The molecule has 3 aromatic heterocycles. The van der Waals surface area contributed by atoms with Crippen molar-refractivity contribution in [2.24, 2.45) is 0 Å². The Labute approximate surface area is 187 Å². The second-order valence-corrected chi connectivity index (χ2v) is 8.26. The number of carbonyl (C=O) groups excluding carboxylic acids is 1. The van der Waals surface area contributed by atoms with Crippen molar-refractivity contribution in [1.82, 2.24) is 20.3 Å². The van der Waals surface area contributed by atoms with Crippen molar-refractivity contribution in [1.29, 1.82) is 0 Å². The lowest BCUT2D eigenvalue weighted by Crippen LogP contribution is -2.23. The topological polar surface area (TPSA) is 84.2 Å². The molecule has 0 bridgehead atoms. The molecule has 8 heteroatoms. The quantitative estimate of drug-likeness (QED) is 0.363. The van der Waals surface area contributed by atoms with Crippen LogP contribution in [0, 0.1) is 0 Å². The van der Waals surface area contributed by atoms with E-state index in [1.54, 1.807) is 12.3 Å². The Morgan fingerprint density at radius 2 is 1.97 bits per heavy atom. The van der Waals surface area contributed by atoms with E-state index in [4.69, 9.17) is 14.4 Å². The molecular formula is C23H29N5O2S. The van der Waals surface area contributed by atoms with Gasteiger partial charge in [0.25, 0.3) is 5.91 Å². The predicted octanol–water partition coefficient (Wildman–Crippen LogP) is 4.66. The highest BCUT2D eigenvalue weighted by Crippen LogP contribution is 2.26. The zero-order valence-corrected chi connectivity index (χ0v) is 19.3. The van der Waals surface area contributed by atoms with Gasteiger partial charge >= 0.3 is 0 Å². The maximum Gasteiger partial charge on any atom is 0.287 e. The number of amides is 1. The van der Waals surface area contributed by atoms with Crippen molar-refractivity contribution in [3.8, 4) is 0 Å². The van der Waals surface area contributed by atoms with Crippen LogP contribution in [0.5, 0.6) is 0 Å². The Balaban J connectivity index is 1.63. The highest BCUT2D eigenvalue weighted by molar-refractivity contribution is 7.98. The monoisotopic (exact) mass is 439 g/mol. The summed E-state index contributed by atoms with van der Waals surface area (Å²) in [7, 11) is 0. The molecule has 0 unspecified atom stereocenters. The molecule has 0 aliphatic carbocycles. The normalized spacial score (nSPS) is 11.0. The molecule has 0 aliphatic rings. The molecule has 3 heterocycles. The minimum absolute atomic E-state index is 0.260. The lowest BCUT2D eigenvalue weighted by molar-refractivity contribution is 0.0921. The van der Waals surface area contributed by atoms with Gasteiger partial charge in [0, 0.05) is 31.0 Å². The van der Waals surface area contributed by atoms with Crippen LogP contribution in [0.2, 0.25) is 0 Å². The fourth-order valence-corrected chi connectivity index (χ4v) is 3.73. The fraction of sp³-hybridized carbons (Fsp3) is 0.391. The number of pyridine rings is 1. The molecule has 164 valence electrons. The number of carbonyl (C=O) groups is 1. The van der Waals surface area contributed by atoms with Crippen molar-refractivity contribution >= 4 is 23.5 Å². The third-order valence-electron chi connectivity index (χ3n) is 4.78. The van der Waals surface area contributed by atoms with E-state index in [9.17, 15) is 4.79 Å². The minimum Gasteiger partial charge on any atom is -0.455 e. The number of nitrogens with one attached hydrogen (secondary N) is 1. The van der Waals surface area contributed by atoms with E-state index in [1.807, 2.05) is 24.3 Å². The maximum atomic E-state index is 12.3. The van der Waals surface area contributed by atoms with E-state index in [0.717, 1.165) is 30.3 Å². The Hall–Kier alpha value is -2.87. The smallest absolute Gasteiger partial charge is 0.287 e. The number of thioether (sulfide) groups is 1. The van der Waals surface area contributed by atoms with Crippen LogP contribution in [-0.4, -0.2) is 33.9 Å². The molecule has 0 fully saturated rings. The maximum absolute atomic E-state index is 12.3. The summed E-state index contributed by atoms with van der Waals surface area (Å²) in [4.78, 5) is 28.2. The SMILES string of the molecule is CCN(CC)c1cc(C(C)C)nc(SCc2ccc(C(=O)NCc3ccccn3)o2)n1. The molecule has 1 amide bonds. The largest absolute Gasteiger partial charge is 0.455 e. The molecule has 0 saturated carbocycles. The van der Waals surface area contributed by atoms with Gasteiger partial charge in [-0.05, 0) is 44.0 Å². The van der Waals surface area contributed by atoms with Crippen molar-refractivity contribution in [3.63, 3.8) is 0 Å². The molecule has 0 aliphatic heterocycles. The van der Waals surface area contributed by atoms with Crippen LogP contribution in [0.15, 0.2) is 52.2 Å². The molecule has 0 spiro atoms. The Morgan fingerprint density at radius 1 is 1.16 bits per heavy atom. The van der Waals surface area contributed by atoms with Crippen LogP contribution in [0.4, 0.5) is 5.82 Å². The third kappa shape index (κ3) is 6.30. The van der Waals surface area contributed by atoms with Gasteiger partial charge in [0.1, 0.15) is 11.6 Å². The molecule has 31 heavy (non-hydrogen) atoms. The predicted molar refractivity (Wildman–Crippen MR) is 123 cm³/mol. The first-order valence-electron chi connectivity index (χ1n) is 10.5. The van der Waals surface area contributed by atoms with Crippen LogP contribution in [-0.2, 0) is 12.3 Å². The lowest BCUT2D eigenvalue weighted by atomic mass is 10.1. The lowest BCUT2D eigenvalue weighted by Gasteiger charge is -2.21. The first-order valence-corrected chi connectivity index (χ1v) is 11.5. The summed E-state index contributed by atoms with van der Waals surface area (Å²) >= 11 is 1.51. The average Bonchev–Trinajstić information content (AvgIpc) is 3.27. The Morgan fingerprint density at radius 3 is 2.65 bits per heavy atom. The van der Waals surface area contributed by atoms with Crippen molar-refractivity contribution in [2.75, 3.05) is 18.0 Å². The van der Waals surface area contributed by atoms with Gasteiger partial charge in [-0.15, -0.1) is 0 Å². The summed E-state index contributed by atoms with van der Waals surface area (Å²) in [6.07, 6.45) is 1.70. The molecule has 3 aromatic rings. The van der Waals surface area contributed by atoms with Gasteiger partial charge in [-0.3, -0.25) is 9.78 Å². The van der Waals surface area contributed by atoms with Crippen LogP contribution >= 0.6 is 11.8 Å². The van der Waals surface area contributed by atoms with Crippen molar-refractivity contribution in [2.45, 2.75) is 51.1 Å². The number of hydrogen-bond donors (Lipinski definition) is 1. The van der Waals surface area contributed by atoms with Crippen LogP contribution in [0.1, 0.15) is 61.3 Å². The van der Waals surface area contributed by atoms with Gasteiger partial charge in [-0.25, -0.2) is 9.97 Å². The van der Waals surface area contributed by atoms with E-state index < -0.39 is 0 Å². The molecular weight excluding hydrogens is 410 g/mol. The molecule has 1 N–H and O–H groups in total. The molecule has 0 saturated heterocycles. The second kappa shape index (κ2) is 10.9. The van der Waals surface area contributed by atoms with E-state index in [0.29, 0.717) is 29.1 Å². The summed E-state index contributed by atoms with van der Waals surface area (Å²) in [5.74, 6) is 2.54. The average molecular weight is 440 g/mol. The number of furan rings is 1. The third-order valence-corrected chi connectivity index (χ3v) is 5.65. The molecule has 0 aromatic carbocycles. The van der Waals surface area contributed by atoms with Crippen LogP contribution in [0.25, 0.3) is 0 Å². The highest BCUT2D eigenvalue weighted by atomic mass is 32.2. The molecule has 3 rings (SSSR count). The highest BCUT2D eigenvalue weighted by Gasteiger charge is 2.14. The summed E-state index contributed by atoms with van der Waals surface area (Å²) in [5, 5.41) is 3.54. The summed E-state index contributed by atoms with van der Waals surface area (Å²) < 4.78 is 5.73. The van der Waals surface area contributed by atoms with Crippen molar-refractivity contribution in [3.05, 3.63) is 65.5 Å². The fourth-order valence-electron chi connectivity index (χ4n) is 2.97. The number of rotatable bonds is 10. The van der Waals surface area contributed by atoms with Crippen molar-refractivity contribution < 1.29 is 9.21 Å². The van der Waals surface area contributed by atoms with Gasteiger partial charge in [-0.1, -0.05) is 31.7 Å². The van der Waals surface area contributed by atoms with E-state index >= 15 is 0 Å². The van der Waals surface area contributed by atoms with Crippen LogP contribution in [0.3, 0.4) is 0 Å². The molecule has 0 radical (unpaired) electrons. The standard InChI is InChI=1S/C23H29N5O2S/c1-5-28(6-2)21-13-19(16(3)4)26-23(27-21)31-15-18-10-11-20(30-18)22(29)25-14-17-9-7-8-12-24-17/h7-13,16H,5-6,14-15H2,1-4H3,(H,25,29). The first-order chi connectivity index (χ1) is 15.0. The first kappa shape index (κ1) is 22.8. The Kier molecular flexibility index (Phi) is 8.06. The number of hydrogen-bond acceptors (Lipinski definition) is 7. The van der Waals surface area contributed by atoms with Gasteiger partial charge in [0.05, 0.1) is 18.0 Å². The van der Waals surface area contributed by atoms with Gasteiger partial charge in [0.2, 0.25) is 0 Å². The zero-order valence-electron chi connectivity index (χ0n) is 18.5.